The molecule has 2 atom stereocenters. The van der Waals surface area contributed by atoms with Gasteiger partial charge in [0.05, 0.1) is 0 Å². The second-order valence-corrected chi connectivity index (χ2v) is 14.0. The van der Waals surface area contributed by atoms with Crippen molar-refractivity contribution in [1.82, 2.24) is 15.5 Å². The van der Waals surface area contributed by atoms with Crippen molar-refractivity contribution in [3.8, 4) is 5.75 Å². The normalized spacial score (nSPS) is 15.1. The van der Waals surface area contributed by atoms with Gasteiger partial charge in [0.25, 0.3) is 0 Å². The van der Waals surface area contributed by atoms with Gasteiger partial charge in [-0.2, -0.15) is 0 Å². The number of carbonyl (C=O) groups excluding carboxylic acids is 3. The summed E-state index contributed by atoms with van der Waals surface area (Å²) in [5.74, 6) is -0.407. The fraction of sp³-hybridized carbons (Fsp3) is 0.605. The third kappa shape index (κ3) is 12.0. The summed E-state index contributed by atoms with van der Waals surface area (Å²) in [5, 5.41) is 16.0. The molecule has 3 rings (SSSR count). The molecule has 2 unspecified atom stereocenters. The van der Waals surface area contributed by atoms with Crippen LogP contribution in [-0.2, 0) is 20.7 Å². The summed E-state index contributed by atoms with van der Waals surface area (Å²) in [7, 11) is 0. The topological polar surface area (TPSA) is 108 Å². The molecule has 1 aliphatic rings. The molecule has 1 saturated carbocycles. The minimum absolute atomic E-state index is 0.0778. The van der Waals surface area contributed by atoms with Crippen LogP contribution >= 0.6 is 0 Å². The number of amides is 3. The van der Waals surface area contributed by atoms with Gasteiger partial charge in [0.2, 0.25) is 11.8 Å². The minimum Gasteiger partial charge on any atom is -0.508 e. The molecule has 0 heterocycles. The number of phenols is 1. The molecule has 3 amide bonds. The molecule has 0 spiro atoms. The lowest BCUT2D eigenvalue weighted by Gasteiger charge is -2.36. The maximum absolute atomic E-state index is 14.8. The standard InChI is InChI=1S/C38H57N3O5/c1-7-8-9-10-11-15-24-41(34(30-21-18-27(2)28(3)25-30)35(43)39-31-16-13-12-14-17-31)36(44)33(40-37(45)46-38(4,5)6)26-29-19-22-32(42)23-20-29/h18-23,25,31,33-34,42H,7-17,24,26H2,1-6H3,(H,39,43)(H,40,45). The molecule has 0 saturated heterocycles. The second-order valence-electron chi connectivity index (χ2n) is 14.0. The van der Waals surface area contributed by atoms with Crippen molar-refractivity contribution in [2.45, 2.75) is 142 Å². The number of hydrogen-bond acceptors (Lipinski definition) is 5. The number of nitrogens with zero attached hydrogens (tertiary/aromatic N) is 1. The largest absolute Gasteiger partial charge is 0.508 e. The van der Waals surface area contributed by atoms with Crippen LogP contribution in [0.1, 0.15) is 127 Å². The lowest BCUT2D eigenvalue weighted by molar-refractivity contribution is -0.143. The monoisotopic (exact) mass is 635 g/mol. The highest BCUT2D eigenvalue weighted by molar-refractivity contribution is 5.92. The lowest BCUT2D eigenvalue weighted by Crippen LogP contribution is -2.54. The number of benzene rings is 2. The Labute approximate surface area is 276 Å². The first-order valence-corrected chi connectivity index (χ1v) is 17.3. The van der Waals surface area contributed by atoms with Crippen LogP contribution in [0.15, 0.2) is 42.5 Å². The number of aryl methyl sites for hydroxylation is 2. The van der Waals surface area contributed by atoms with Crippen molar-refractivity contribution < 1.29 is 24.2 Å². The minimum atomic E-state index is -0.990. The molecule has 46 heavy (non-hydrogen) atoms. The van der Waals surface area contributed by atoms with Crippen LogP contribution in [-0.4, -0.2) is 52.1 Å². The molecule has 0 aliphatic heterocycles. The molecular formula is C38H57N3O5. The predicted octanol–water partition coefficient (Wildman–Crippen LogP) is 7.82. The fourth-order valence-electron chi connectivity index (χ4n) is 6.08. The van der Waals surface area contributed by atoms with E-state index in [4.69, 9.17) is 4.74 Å². The Morgan fingerprint density at radius 1 is 0.913 bits per heavy atom. The van der Waals surface area contributed by atoms with Gasteiger partial charge in [-0.1, -0.05) is 88.6 Å². The molecule has 0 aromatic heterocycles. The zero-order valence-electron chi connectivity index (χ0n) is 29.0. The number of nitrogens with one attached hydrogen (secondary N) is 2. The molecule has 8 heteroatoms. The van der Waals surface area contributed by atoms with E-state index in [1.165, 1.54) is 12.8 Å². The van der Waals surface area contributed by atoms with Gasteiger partial charge in [0.15, 0.2) is 0 Å². The van der Waals surface area contributed by atoms with Gasteiger partial charge in [-0.3, -0.25) is 9.59 Å². The quantitative estimate of drug-likeness (QED) is 0.173. The third-order valence-corrected chi connectivity index (χ3v) is 8.76. The smallest absolute Gasteiger partial charge is 0.408 e. The van der Waals surface area contributed by atoms with Crippen LogP contribution in [0.4, 0.5) is 4.79 Å². The highest BCUT2D eigenvalue weighted by atomic mass is 16.6. The van der Waals surface area contributed by atoms with Gasteiger partial charge in [0.1, 0.15) is 23.4 Å². The summed E-state index contributed by atoms with van der Waals surface area (Å²) >= 11 is 0. The van der Waals surface area contributed by atoms with Crippen LogP contribution in [0, 0.1) is 13.8 Å². The van der Waals surface area contributed by atoms with E-state index in [0.717, 1.165) is 80.0 Å². The van der Waals surface area contributed by atoms with Gasteiger partial charge in [-0.25, -0.2) is 4.79 Å². The van der Waals surface area contributed by atoms with E-state index in [1.807, 2.05) is 32.0 Å². The molecule has 1 aliphatic carbocycles. The van der Waals surface area contributed by atoms with Crippen molar-refractivity contribution in [1.29, 1.82) is 0 Å². The number of alkyl carbamates (subject to hydrolysis) is 1. The zero-order valence-corrected chi connectivity index (χ0v) is 29.0. The Kier molecular flexibility index (Phi) is 14.4. The van der Waals surface area contributed by atoms with Crippen molar-refractivity contribution in [3.05, 3.63) is 64.7 Å². The summed E-state index contributed by atoms with van der Waals surface area (Å²) in [4.78, 5) is 43.9. The summed E-state index contributed by atoms with van der Waals surface area (Å²) < 4.78 is 5.57. The first-order chi connectivity index (χ1) is 21.9. The van der Waals surface area contributed by atoms with Gasteiger partial charge >= 0.3 is 6.09 Å². The van der Waals surface area contributed by atoms with E-state index in [2.05, 4.69) is 17.6 Å². The number of unbranched alkanes of at least 4 members (excludes halogenated alkanes) is 5. The first-order valence-electron chi connectivity index (χ1n) is 17.3. The average molecular weight is 636 g/mol. The lowest BCUT2D eigenvalue weighted by atomic mass is 9.93. The summed E-state index contributed by atoms with van der Waals surface area (Å²) in [5.41, 5.74) is 2.93. The Morgan fingerprint density at radius 3 is 2.20 bits per heavy atom. The van der Waals surface area contributed by atoms with E-state index in [9.17, 15) is 19.5 Å². The third-order valence-electron chi connectivity index (χ3n) is 8.76. The molecule has 2 aromatic rings. The number of hydrogen-bond donors (Lipinski definition) is 3. The van der Waals surface area contributed by atoms with E-state index in [-0.39, 0.29) is 30.0 Å². The Morgan fingerprint density at radius 2 is 1.57 bits per heavy atom. The van der Waals surface area contributed by atoms with Gasteiger partial charge in [-0.05, 0) is 88.3 Å². The molecule has 1 fully saturated rings. The van der Waals surface area contributed by atoms with Crippen molar-refractivity contribution in [2.24, 2.45) is 0 Å². The van der Waals surface area contributed by atoms with Crippen LogP contribution < -0.4 is 10.6 Å². The highest BCUT2D eigenvalue weighted by Crippen LogP contribution is 2.28. The van der Waals surface area contributed by atoms with E-state index < -0.39 is 23.8 Å². The maximum atomic E-state index is 14.8. The molecule has 3 N–H and O–H groups in total. The van der Waals surface area contributed by atoms with Crippen LogP contribution in [0.5, 0.6) is 5.75 Å². The number of ether oxygens (including phenoxy) is 1. The zero-order chi connectivity index (χ0) is 33.7. The van der Waals surface area contributed by atoms with Crippen molar-refractivity contribution in [3.63, 3.8) is 0 Å². The van der Waals surface area contributed by atoms with E-state index in [0.29, 0.717) is 6.54 Å². The summed E-state index contributed by atoms with van der Waals surface area (Å²) in [6.45, 7) is 12.0. The maximum Gasteiger partial charge on any atom is 0.408 e. The summed E-state index contributed by atoms with van der Waals surface area (Å²) in [6.07, 6.45) is 10.9. The van der Waals surface area contributed by atoms with Gasteiger partial charge in [0, 0.05) is 19.0 Å². The molecule has 254 valence electrons. The number of rotatable bonds is 15. The van der Waals surface area contributed by atoms with E-state index >= 15 is 0 Å². The molecular weight excluding hydrogens is 578 g/mol. The number of carbonyl (C=O) groups is 3. The molecule has 0 radical (unpaired) electrons. The van der Waals surface area contributed by atoms with Gasteiger partial charge < -0.3 is 25.4 Å². The van der Waals surface area contributed by atoms with Gasteiger partial charge in [-0.15, -0.1) is 0 Å². The van der Waals surface area contributed by atoms with Crippen LogP contribution in [0.3, 0.4) is 0 Å². The Bertz CT molecular complexity index is 1260. The number of aromatic hydroxyl groups is 1. The van der Waals surface area contributed by atoms with Crippen molar-refractivity contribution >= 4 is 17.9 Å². The summed E-state index contributed by atoms with van der Waals surface area (Å²) in [6, 6.07) is 10.8. The van der Waals surface area contributed by atoms with Crippen LogP contribution in [0.25, 0.3) is 0 Å². The molecule has 0 bridgehead atoms. The predicted molar refractivity (Wildman–Crippen MR) is 184 cm³/mol. The highest BCUT2D eigenvalue weighted by Gasteiger charge is 2.37. The second kappa shape index (κ2) is 18.0. The SMILES string of the molecule is CCCCCCCCN(C(=O)C(Cc1ccc(O)cc1)NC(=O)OC(C)(C)C)C(C(=O)NC1CCCCC1)c1ccc(C)c(C)c1. The average Bonchev–Trinajstić information content (AvgIpc) is 3.00. The molecule has 2 aromatic carbocycles. The van der Waals surface area contributed by atoms with E-state index in [1.54, 1.807) is 49.9 Å². The Balaban J connectivity index is 2.03. The van der Waals surface area contributed by atoms with Crippen molar-refractivity contribution in [2.75, 3.05) is 6.54 Å². The molecule has 8 nitrogen and oxygen atoms in total. The fourth-order valence-corrected chi connectivity index (χ4v) is 6.08. The van der Waals surface area contributed by atoms with Crippen LogP contribution in [0.2, 0.25) is 0 Å². The first kappa shape index (κ1) is 36.9. The Hall–Kier alpha value is -3.55. The number of phenolic OH excluding ortho intramolecular Hbond substituents is 1.